The number of thiazole rings is 1. The van der Waals surface area contributed by atoms with Crippen LogP contribution in [0.4, 0.5) is 0 Å². The maximum Gasteiger partial charge on any atom is 0.222 e. The van der Waals surface area contributed by atoms with E-state index in [1.54, 1.807) is 17.5 Å². The smallest absolute Gasteiger partial charge is 0.222 e. The second-order valence-electron chi connectivity index (χ2n) is 3.09. The molecule has 1 aromatic heterocycles. The summed E-state index contributed by atoms with van der Waals surface area (Å²) in [5, 5.41) is 12.0. The second kappa shape index (κ2) is 4.72. The standard InChI is InChI=1S/C11H10ClNO2S/c1-2-15-9-4-3-7(5-8(9)12)11-13-10(14)6-16-11/h3-6,14H,2H2,1H3. The predicted octanol–water partition coefficient (Wildman–Crippen LogP) is 3.57. The van der Waals surface area contributed by atoms with Crippen molar-refractivity contribution < 1.29 is 9.84 Å². The number of hydrogen-bond acceptors (Lipinski definition) is 4. The van der Waals surface area contributed by atoms with Gasteiger partial charge in [0.25, 0.3) is 0 Å². The molecule has 84 valence electrons. The summed E-state index contributed by atoms with van der Waals surface area (Å²) in [6, 6.07) is 5.46. The van der Waals surface area contributed by atoms with E-state index in [-0.39, 0.29) is 5.88 Å². The molecule has 0 aliphatic heterocycles. The van der Waals surface area contributed by atoms with Crippen LogP contribution in [0.25, 0.3) is 10.6 Å². The number of ether oxygens (including phenoxy) is 1. The monoisotopic (exact) mass is 255 g/mol. The molecule has 0 aliphatic carbocycles. The van der Waals surface area contributed by atoms with Gasteiger partial charge in [0.15, 0.2) is 0 Å². The van der Waals surface area contributed by atoms with E-state index in [4.69, 9.17) is 21.4 Å². The Morgan fingerprint density at radius 1 is 1.50 bits per heavy atom. The van der Waals surface area contributed by atoms with Crippen LogP contribution in [0, 0.1) is 0 Å². The van der Waals surface area contributed by atoms with Gasteiger partial charge >= 0.3 is 0 Å². The van der Waals surface area contributed by atoms with Gasteiger partial charge in [-0.25, -0.2) is 4.98 Å². The normalized spacial score (nSPS) is 10.4. The third-order valence-electron chi connectivity index (χ3n) is 1.97. The van der Waals surface area contributed by atoms with Crippen LogP contribution in [-0.4, -0.2) is 16.7 Å². The molecule has 0 saturated heterocycles. The van der Waals surface area contributed by atoms with E-state index in [0.717, 1.165) is 10.6 Å². The number of hydrogen-bond donors (Lipinski definition) is 1. The second-order valence-corrected chi connectivity index (χ2v) is 4.35. The average molecular weight is 256 g/mol. The first-order chi connectivity index (χ1) is 7.70. The molecule has 2 aromatic rings. The molecular weight excluding hydrogens is 246 g/mol. The summed E-state index contributed by atoms with van der Waals surface area (Å²) < 4.78 is 5.33. The lowest BCUT2D eigenvalue weighted by molar-refractivity contribution is 0.340. The van der Waals surface area contributed by atoms with Crippen molar-refractivity contribution >= 4 is 22.9 Å². The maximum atomic E-state index is 9.16. The molecule has 0 radical (unpaired) electrons. The molecule has 1 aromatic carbocycles. The third kappa shape index (κ3) is 2.28. The number of nitrogens with zero attached hydrogens (tertiary/aromatic N) is 1. The summed E-state index contributed by atoms with van der Waals surface area (Å²) in [7, 11) is 0. The Balaban J connectivity index is 2.34. The quantitative estimate of drug-likeness (QED) is 0.912. The lowest BCUT2D eigenvalue weighted by Gasteiger charge is -2.06. The van der Waals surface area contributed by atoms with Gasteiger partial charge < -0.3 is 9.84 Å². The molecule has 1 N–H and O–H groups in total. The summed E-state index contributed by atoms with van der Waals surface area (Å²) in [5.41, 5.74) is 0.874. The SMILES string of the molecule is CCOc1ccc(-c2nc(O)cs2)cc1Cl. The molecule has 5 heteroatoms. The van der Waals surface area contributed by atoms with Crippen LogP contribution in [0.1, 0.15) is 6.92 Å². The van der Waals surface area contributed by atoms with E-state index in [0.29, 0.717) is 17.4 Å². The van der Waals surface area contributed by atoms with Gasteiger partial charge in [-0.3, -0.25) is 0 Å². The number of benzene rings is 1. The van der Waals surface area contributed by atoms with Crippen molar-refractivity contribution in [1.82, 2.24) is 4.98 Å². The minimum absolute atomic E-state index is 0.0324. The van der Waals surface area contributed by atoms with Crippen LogP contribution < -0.4 is 4.74 Å². The Hall–Kier alpha value is -1.26. The van der Waals surface area contributed by atoms with E-state index in [9.17, 15) is 0 Å². The van der Waals surface area contributed by atoms with Crippen molar-refractivity contribution in [2.24, 2.45) is 0 Å². The lowest BCUT2D eigenvalue weighted by Crippen LogP contribution is -1.92. The Morgan fingerprint density at radius 2 is 2.31 bits per heavy atom. The van der Waals surface area contributed by atoms with Crippen molar-refractivity contribution in [3.63, 3.8) is 0 Å². The molecule has 16 heavy (non-hydrogen) atoms. The third-order valence-corrected chi connectivity index (χ3v) is 3.15. The highest BCUT2D eigenvalue weighted by molar-refractivity contribution is 7.13. The van der Waals surface area contributed by atoms with E-state index in [1.807, 2.05) is 13.0 Å². The number of rotatable bonds is 3. The van der Waals surface area contributed by atoms with Gasteiger partial charge in [-0.2, -0.15) is 0 Å². The van der Waals surface area contributed by atoms with Gasteiger partial charge in [-0.1, -0.05) is 11.6 Å². The van der Waals surface area contributed by atoms with Gasteiger partial charge in [0.2, 0.25) is 5.88 Å². The topological polar surface area (TPSA) is 42.4 Å². The molecule has 0 amide bonds. The minimum atomic E-state index is 0.0324. The molecule has 0 unspecified atom stereocenters. The van der Waals surface area contributed by atoms with Crippen LogP contribution >= 0.6 is 22.9 Å². The predicted molar refractivity (Wildman–Crippen MR) is 65.4 cm³/mol. The summed E-state index contributed by atoms with van der Waals surface area (Å²) >= 11 is 7.42. The highest BCUT2D eigenvalue weighted by atomic mass is 35.5. The van der Waals surface area contributed by atoms with Gasteiger partial charge in [0.05, 0.1) is 17.0 Å². The van der Waals surface area contributed by atoms with Crippen LogP contribution in [0.3, 0.4) is 0 Å². The lowest BCUT2D eigenvalue weighted by atomic mass is 10.2. The van der Waals surface area contributed by atoms with Crippen molar-refractivity contribution in [2.45, 2.75) is 6.92 Å². The first-order valence-electron chi connectivity index (χ1n) is 4.78. The van der Waals surface area contributed by atoms with E-state index in [1.165, 1.54) is 11.3 Å². The van der Waals surface area contributed by atoms with E-state index < -0.39 is 0 Å². The molecule has 0 aliphatic rings. The summed E-state index contributed by atoms with van der Waals surface area (Å²) in [6.07, 6.45) is 0. The van der Waals surface area contributed by atoms with Crippen molar-refractivity contribution in [3.05, 3.63) is 28.6 Å². The highest BCUT2D eigenvalue weighted by Gasteiger charge is 2.07. The Labute approximate surface area is 102 Å². The number of aromatic nitrogens is 1. The first-order valence-corrected chi connectivity index (χ1v) is 6.03. The molecule has 0 fully saturated rings. The molecule has 0 spiro atoms. The van der Waals surface area contributed by atoms with Gasteiger partial charge in [-0.15, -0.1) is 11.3 Å². The fourth-order valence-corrected chi connectivity index (χ4v) is 2.22. The minimum Gasteiger partial charge on any atom is -0.493 e. The van der Waals surface area contributed by atoms with Crippen LogP contribution in [0.5, 0.6) is 11.6 Å². The molecule has 0 atom stereocenters. The van der Waals surface area contributed by atoms with Gasteiger partial charge in [0.1, 0.15) is 10.8 Å². The first kappa shape index (κ1) is 11.2. The Kier molecular flexibility index (Phi) is 3.31. The highest BCUT2D eigenvalue weighted by Crippen LogP contribution is 2.32. The number of halogens is 1. The van der Waals surface area contributed by atoms with Crippen LogP contribution in [0.15, 0.2) is 23.6 Å². The fourth-order valence-electron chi connectivity index (χ4n) is 1.30. The van der Waals surface area contributed by atoms with Crippen LogP contribution in [0.2, 0.25) is 5.02 Å². The van der Waals surface area contributed by atoms with Gasteiger partial charge in [-0.05, 0) is 25.1 Å². The zero-order valence-corrected chi connectivity index (χ0v) is 10.2. The molecule has 3 nitrogen and oxygen atoms in total. The molecule has 0 bridgehead atoms. The summed E-state index contributed by atoms with van der Waals surface area (Å²) in [5.74, 6) is 0.693. The van der Waals surface area contributed by atoms with E-state index >= 15 is 0 Å². The zero-order valence-electron chi connectivity index (χ0n) is 8.61. The molecule has 0 saturated carbocycles. The van der Waals surface area contributed by atoms with Crippen molar-refractivity contribution in [2.75, 3.05) is 6.61 Å². The van der Waals surface area contributed by atoms with Gasteiger partial charge in [0, 0.05) is 5.56 Å². The largest absolute Gasteiger partial charge is 0.493 e. The summed E-state index contributed by atoms with van der Waals surface area (Å²) in [4.78, 5) is 3.97. The Morgan fingerprint density at radius 3 is 2.88 bits per heavy atom. The fraction of sp³-hybridized carbons (Fsp3) is 0.182. The average Bonchev–Trinajstić information content (AvgIpc) is 2.68. The van der Waals surface area contributed by atoms with E-state index in [2.05, 4.69) is 4.98 Å². The molecule has 1 heterocycles. The Bertz CT molecular complexity index is 498. The zero-order chi connectivity index (χ0) is 11.5. The molecule has 2 rings (SSSR count). The molecular formula is C11H10ClNO2S. The number of aromatic hydroxyl groups is 1. The maximum absolute atomic E-state index is 9.16. The summed E-state index contributed by atoms with van der Waals surface area (Å²) in [6.45, 7) is 2.49. The van der Waals surface area contributed by atoms with Crippen molar-refractivity contribution in [3.8, 4) is 22.2 Å². The van der Waals surface area contributed by atoms with Crippen LogP contribution in [-0.2, 0) is 0 Å². The van der Waals surface area contributed by atoms with Crippen molar-refractivity contribution in [1.29, 1.82) is 0 Å².